The lowest BCUT2D eigenvalue weighted by Crippen LogP contribution is -2.16. The summed E-state index contributed by atoms with van der Waals surface area (Å²) in [7, 11) is -2.62. The number of amides is 1. The number of thiophene rings is 1. The maximum atomic E-state index is 12.8. The molecule has 7 nitrogen and oxygen atoms in total. The summed E-state index contributed by atoms with van der Waals surface area (Å²) in [5.41, 5.74) is 5.84. The number of aryl methyl sites for hydroxylation is 4. The minimum atomic E-state index is -4.04. The number of hydrogen-bond acceptors (Lipinski definition) is 7. The fourth-order valence-electron chi connectivity index (χ4n) is 3.80. The predicted molar refractivity (Wildman–Crippen MR) is 133 cm³/mol. The van der Waals surface area contributed by atoms with Crippen molar-refractivity contribution in [3.63, 3.8) is 0 Å². The van der Waals surface area contributed by atoms with Crippen molar-refractivity contribution in [2.24, 2.45) is 5.10 Å². The number of benzene rings is 2. The molecule has 0 saturated carbocycles. The first-order chi connectivity index (χ1) is 16.3. The lowest BCUT2D eigenvalue weighted by Gasteiger charge is -2.13. The largest absolute Gasteiger partial charge is 0.493 e. The van der Waals surface area contributed by atoms with Gasteiger partial charge in [-0.2, -0.15) is 13.5 Å². The van der Waals surface area contributed by atoms with Crippen LogP contribution in [0.5, 0.6) is 11.5 Å². The Labute approximate surface area is 203 Å². The van der Waals surface area contributed by atoms with Crippen molar-refractivity contribution in [2.45, 2.75) is 44.4 Å². The SMILES string of the molecule is COc1cc(/C=N\NC(=O)c2cc3c(s2)CCCC3)ccc1OS(=O)(=O)c1cc(C)ccc1C. The molecule has 1 aliphatic carbocycles. The molecule has 9 heteroatoms. The van der Waals surface area contributed by atoms with E-state index in [0.29, 0.717) is 16.0 Å². The van der Waals surface area contributed by atoms with Crippen molar-refractivity contribution >= 4 is 33.6 Å². The molecule has 0 fully saturated rings. The number of hydrogen-bond donors (Lipinski definition) is 1. The standard InChI is InChI=1S/C25H26N2O5S2/c1-16-8-9-17(2)24(12-16)34(29,30)32-20-11-10-18(13-21(20)31-3)15-26-27-25(28)23-14-19-6-4-5-7-22(19)33-23/h8-15H,4-7H2,1-3H3,(H,27,28)/b26-15-. The molecule has 1 N–H and O–H groups in total. The van der Waals surface area contributed by atoms with E-state index in [1.807, 2.05) is 19.1 Å². The molecule has 1 heterocycles. The van der Waals surface area contributed by atoms with Gasteiger partial charge in [-0.1, -0.05) is 12.1 Å². The second-order valence-electron chi connectivity index (χ2n) is 8.18. The van der Waals surface area contributed by atoms with Gasteiger partial charge in [-0.3, -0.25) is 4.79 Å². The van der Waals surface area contributed by atoms with Crippen molar-refractivity contribution < 1.29 is 22.1 Å². The Morgan fingerprint density at radius 2 is 1.85 bits per heavy atom. The number of carbonyl (C=O) groups excluding carboxylic acids is 1. The number of carbonyl (C=O) groups is 1. The highest BCUT2D eigenvalue weighted by molar-refractivity contribution is 7.87. The van der Waals surface area contributed by atoms with Crippen LogP contribution in [0.1, 0.15) is 49.6 Å². The van der Waals surface area contributed by atoms with Crippen LogP contribution in [0.3, 0.4) is 0 Å². The zero-order chi connectivity index (χ0) is 24.3. The third-order valence-electron chi connectivity index (χ3n) is 5.60. The smallest absolute Gasteiger partial charge is 0.339 e. The second kappa shape index (κ2) is 9.99. The van der Waals surface area contributed by atoms with Gasteiger partial charge in [0, 0.05) is 4.88 Å². The average molecular weight is 499 g/mol. The van der Waals surface area contributed by atoms with Crippen LogP contribution in [-0.2, 0) is 23.0 Å². The fraction of sp³-hybridized carbons (Fsp3) is 0.280. The molecule has 0 spiro atoms. The Hall–Kier alpha value is -3.17. The third kappa shape index (κ3) is 5.31. The number of fused-ring (bicyclic) bond motifs is 1. The lowest BCUT2D eigenvalue weighted by molar-refractivity contribution is 0.0959. The Morgan fingerprint density at radius 3 is 2.62 bits per heavy atom. The minimum Gasteiger partial charge on any atom is -0.493 e. The molecule has 0 unspecified atom stereocenters. The molecule has 0 bridgehead atoms. The number of ether oxygens (including phenoxy) is 1. The molecule has 0 atom stereocenters. The van der Waals surface area contributed by atoms with Gasteiger partial charge in [0.25, 0.3) is 5.91 Å². The minimum absolute atomic E-state index is 0.0637. The van der Waals surface area contributed by atoms with Gasteiger partial charge in [0.05, 0.1) is 18.2 Å². The zero-order valence-corrected chi connectivity index (χ0v) is 20.9. The molecule has 178 valence electrons. The van der Waals surface area contributed by atoms with Crippen molar-refractivity contribution in [1.29, 1.82) is 0 Å². The highest BCUT2D eigenvalue weighted by Crippen LogP contribution is 2.32. The lowest BCUT2D eigenvalue weighted by atomic mass is 9.99. The normalized spacial score (nSPS) is 13.5. The third-order valence-corrected chi connectivity index (χ3v) is 8.21. The summed E-state index contributed by atoms with van der Waals surface area (Å²) in [6.07, 6.45) is 5.85. The van der Waals surface area contributed by atoms with E-state index < -0.39 is 10.1 Å². The Morgan fingerprint density at radius 1 is 1.06 bits per heavy atom. The zero-order valence-electron chi connectivity index (χ0n) is 19.3. The first kappa shape index (κ1) is 24.0. The monoisotopic (exact) mass is 498 g/mol. The molecule has 0 aliphatic heterocycles. The second-order valence-corrected chi connectivity index (χ2v) is 10.8. The molecule has 34 heavy (non-hydrogen) atoms. The Bertz CT molecular complexity index is 1340. The van der Waals surface area contributed by atoms with Gasteiger partial charge < -0.3 is 8.92 Å². The van der Waals surface area contributed by atoms with Crippen molar-refractivity contribution in [3.05, 3.63) is 74.5 Å². The van der Waals surface area contributed by atoms with E-state index in [0.717, 1.165) is 24.8 Å². The fourth-order valence-corrected chi connectivity index (χ4v) is 6.20. The molecule has 0 radical (unpaired) electrons. The van der Waals surface area contributed by atoms with E-state index in [1.165, 1.54) is 47.6 Å². The summed E-state index contributed by atoms with van der Waals surface area (Å²) in [4.78, 5) is 14.5. The highest BCUT2D eigenvalue weighted by atomic mass is 32.2. The van der Waals surface area contributed by atoms with Crippen LogP contribution in [0.15, 0.2) is 52.5 Å². The van der Waals surface area contributed by atoms with Gasteiger partial charge in [-0.25, -0.2) is 5.43 Å². The van der Waals surface area contributed by atoms with Crippen LogP contribution < -0.4 is 14.3 Å². The maximum absolute atomic E-state index is 12.8. The molecule has 1 amide bonds. The summed E-state index contributed by atoms with van der Waals surface area (Å²) in [6, 6.07) is 11.8. The molecule has 4 rings (SSSR count). The maximum Gasteiger partial charge on any atom is 0.339 e. The average Bonchev–Trinajstić information content (AvgIpc) is 3.25. The van der Waals surface area contributed by atoms with Gasteiger partial charge in [0.15, 0.2) is 11.5 Å². The molecular weight excluding hydrogens is 472 g/mol. The molecule has 2 aromatic carbocycles. The van der Waals surface area contributed by atoms with E-state index >= 15 is 0 Å². The van der Waals surface area contributed by atoms with Crippen molar-refractivity contribution in [2.75, 3.05) is 7.11 Å². The predicted octanol–water partition coefficient (Wildman–Crippen LogP) is 4.78. The van der Waals surface area contributed by atoms with Gasteiger partial charge in [-0.15, -0.1) is 11.3 Å². The number of nitrogens with zero attached hydrogens (tertiary/aromatic N) is 1. The van der Waals surface area contributed by atoms with Crippen molar-refractivity contribution in [1.82, 2.24) is 5.43 Å². The van der Waals surface area contributed by atoms with Crippen LogP contribution in [0.2, 0.25) is 0 Å². The molecule has 1 aromatic heterocycles. The van der Waals surface area contributed by atoms with Crippen LogP contribution in [0.25, 0.3) is 0 Å². The van der Waals surface area contributed by atoms with Gasteiger partial charge in [-0.05, 0) is 92.1 Å². The van der Waals surface area contributed by atoms with E-state index in [-0.39, 0.29) is 22.3 Å². The summed E-state index contributed by atoms with van der Waals surface area (Å²) in [5.74, 6) is 0.0473. The van der Waals surface area contributed by atoms with Crippen LogP contribution >= 0.6 is 11.3 Å². The Kier molecular flexibility index (Phi) is 7.04. The molecular formula is C25H26N2O5S2. The van der Waals surface area contributed by atoms with Gasteiger partial charge >= 0.3 is 10.1 Å². The number of methoxy groups -OCH3 is 1. The molecule has 1 aliphatic rings. The number of nitrogens with one attached hydrogen (secondary N) is 1. The van der Waals surface area contributed by atoms with Gasteiger partial charge in [0.2, 0.25) is 0 Å². The number of rotatable bonds is 7. The summed E-state index contributed by atoms with van der Waals surface area (Å²) in [5, 5.41) is 4.04. The summed E-state index contributed by atoms with van der Waals surface area (Å²) < 4.78 is 36.4. The summed E-state index contributed by atoms with van der Waals surface area (Å²) >= 11 is 1.52. The number of hydrazone groups is 1. The first-order valence-electron chi connectivity index (χ1n) is 10.9. The van der Waals surface area contributed by atoms with Crippen LogP contribution in [-0.4, -0.2) is 27.6 Å². The van der Waals surface area contributed by atoms with Crippen molar-refractivity contribution in [3.8, 4) is 11.5 Å². The van der Waals surface area contributed by atoms with E-state index in [4.69, 9.17) is 8.92 Å². The topological polar surface area (TPSA) is 94.1 Å². The Balaban J connectivity index is 1.46. The van der Waals surface area contributed by atoms with E-state index in [1.54, 1.807) is 31.2 Å². The van der Waals surface area contributed by atoms with Gasteiger partial charge in [0.1, 0.15) is 4.90 Å². The quantitative estimate of drug-likeness (QED) is 0.287. The van der Waals surface area contributed by atoms with E-state index in [2.05, 4.69) is 10.5 Å². The van der Waals surface area contributed by atoms with E-state index in [9.17, 15) is 13.2 Å². The molecule has 0 saturated heterocycles. The molecule has 3 aromatic rings. The van der Waals surface area contributed by atoms with Crippen LogP contribution in [0.4, 0.5) is 0 Å². The summed E-state index contributed by atoms with van der Waals surface area (Å²) in [6.45, 7) is 3.53. The van der Waals surface area contributed by atoms with Crippen LogP contribution in [0, 0.1) is 13.8 Å². The first-order valence-corrected chi connectivity index (χ1v) is 13.1. The highest BCUT2D eigenvalue weighted by Gasteiger charge is 2.22.